The van der Waals surface area contributed by atoms with Gasteiger partial charge in [-0.3, -0.25) is 0 Å². The van der Waals surface area contributed by atoms with E-state index in [9.17, 15) is 4.79 Å². The van der Waals surface area contributed by atoms with E-state index in [-0.39, 0.29) is 5.04 Å². The Morgan fingerprint density at radius 3 is 2.08 bits per heavy atom. The second kappa shape index (κ2) is 4.38. The molecule has 0 aliphatic heterocycles. The van der Waals surface area contributed by atoms with Gasteiger partial charge in [-0.25, -0.2) is 0 Å². The fourth-order valence-electron chi connectivity index (χ4n) is 0.926. The standard InChI is InChI=1S/C10H22O2Si/c1-10(2,3)13(5,6)9(11)7-8-12-4/h7-8H2,1-6H3. The summed E-state index contributed by atoms with van der Waals surface area (Å²) in [6.07, 6.45) is 0.576. The monoisotopic (exact) mass is 202 g/mol. The first-order chi connectivity index (χ1) is 5.73. The molecule has 13 heavy (non-hydrogen) atoms. The highest BCUT2D eigenvalue weighted by molar-refractivity contribution is 7.06. The Hall–Kier alpha value is -0.153. The lowest BCUT2D eigenvalue weighted by atomic mass is 10.2. The summed E-state index contributed by atoms with van der Waals surface area (Å²) in [5, 5.41) is 0.569. The van der Waals surface area contributed by atoms with E-state index in [0.29, 0.717) is 18.4 Å². The van der Waals surface area contributed by atoms with Crippen LogP contribution in [0.15, 0.2) is 0 Å². The van der Waals surface area contributed by atoms with Crippen LogP contribution < -0.4 is 0 Å². The molecule has 0 spiro atoms. The maximum Gasteiger partial charge on any atom is 0.132 e. The summed E-state index contributed by atoms with van der Waals surface area (Å²) in [7, 11) is -0.127. The highest BCUT2D eigenvalue weighted by Crippen LogP contribution is 2.36. The Morgan fingerprint density at radius 1 is 1.31 bits per heavy atom. The minimum atomic E-state index is -1.76. The molecule has 0 amide bonds. The summed E-state index contributed by atoms with van der Waals surface area (Å²) < 4.78 is 4.92. The van der Waals surface area contributed by atoms with Crippen molar-refractivity contribution in [2.45, 2.75) is 45.3 Å². The van der Waals surface area contributed by atoms with Gasteiger partial charge in [-0.2, -0.15) is 0 Å². The summed E-state index contributed by atoms with van der Waals surface area (Å²) >= 11 is 0. The van der Waals surface area contributed by atoms with Crippen molar-refractivity contribution in [1.82, 2.24) is 0 Å². The summed E-state index contributed by atoms with van der Waals surface area (Å²) in [5.74, 6) is 0. The molecule has 0 atom stereocenters. The molecule has 0 aromatic rings. The van der Waals surface area contributed by atoms with Crippen LogP contribution in [0.5, 0.6) is 0 Å². The number of hydrogen-bond acceptors (Lipinski definition) is 2. The molecule has 0 radical (unpaired) electrons. The lowest BCUT2D eigenvalue weighted by Gasteiger charge is -2.35. The zero-order chi connectivity index (χ0) is 10.7. The molecule has 0 aromatic carbocycles. The molecule has 0 N–H and O–H groups in total. The van der Waals surface area contributed by atoms with Crippen LogP contribution in [0.3, 0.4) is 0 Å². The van der Waals surface area contributed by atoms with Gasteiger partial charge in [-0.1, -0.05) is 33.9 Å². The molecule has 0 aliphatic carbocycles. The quantitative estimate of drug-likeness (QED) is 0.655. The summed E-state index contributed by atoms with van der Waals surface area (Å²) in [4.78, 5) is 11.9. The van der Waals surface area contributed by atoms with Gasteiger partial charge in [-0.05, 0) is 5.04 Å². The summed E-state index contributed by atoms with van der Waals surface area (Å²) in [6.45, 7) is 11.3. The Bertz CT molecular complexity index is 180. The Labute approximate surface area is 82.7 Å². The average Bonchev–Trinajstić information content (AvgIpc) is 1.97. The first-order valence-electron chi connectivity index (χ1n) is 4.75. The van der Waals surface area contributed by atoms with Crippen molar-refractivity contribution < 1.29 is 9.53 Å². The number of hydrogen-bond donors (Lipinski definition) is 0. The fraction of sp³-hybridized carbons (Fsp3) is 0.900. The zero-order valence-electron chi connectivity index (χ0n) is 9.73. The Balaban J connectivity index is 4.37. The maximum absolute atomic E-state index is 11.9. The molecule has 0 aromatic heterocycles. The first kappa shape index (κ1) is 12.8. The normalized spacial score (nSPS) is 13.1. The molecule has 0 fully saturated rings. The second-order valence-electron chi connectivity index (χ2n) is 5.04. The average molecular weight is 202 g/mol. The third kappa shape index (κ3) is 3.23. The SMILES string of the molecule is COCCC(=O)[Si](C)(C)C(C)(C)C. The lowest BCUT2D eigenvalue weighted by molar-refractivity contribution is -0.113. The minimum Gasteiger partial charge on any atom is -0.384 e. The second-order valence-corrected chi connectivity index (χ2v) is 10.3. The van der Waals surface area contributed by atoms with Crippen LogP contribution in [0.25, 0.3) is 0 Å². The topological polar surface area (TPSA) is 26.3 Å². The first-order valence-corrected chi connectivity index (χ1v) is 7.75. The van der Waals surface area contributed by atoms with Crippen molar-refractivity contribution in [1.29, 1.82) is 0 Å². The molecular formula is C10H22O2Si. The molecule has 78 valence electrons. The van der Waals surface area contributed by atoms with E-state index in [4.69, 9.17) is 4.74 Å². The van der Waals surface area contributed by atoms with Gasteiger partial charge in [0.1, 0.15) is 13.5 Å². The third-order valence-corrected chi connectivity index (χ3v) is 8.50. The molecule has 0 rings (SSSR count). The Morgan fingerprint density at radius 2 is 1.77 bits per heavy atom. The van der Waals surface area contributed by atoms with Crippen LogP contribution >= 0.6 is 0 Å². The van der Waals surface area contributed by atoms with E-state index in [1.54, 1.807) is 7.11 Å². The fourth-order valence-corrected chi connectivity index (χ4v) is 2.49. The molecule has 0 heterocycles. The van der Waals surface area contributed by atoms with Gasteiger partial charge in [-0.15, -0.1) is 0 Å². The van der Waals surface area contributed by atoms with E-state index in [2.05, 4.69) is 33.9 Å². The molecule has 0 saturated carbocycles. The lowest BCUT2D eigenvalue weighted by Crippen LogP contribution is -2.46. The molecular weight excluding hydrogens is 180 g/mol. The highest BCUT2D eigenvalue weighted by Gasteiger charge is 2.41. The van der Waals surface area contributed by atoms with Gasteiger partial charge < -0.3 is 9.53 Å². The van der Waals surface area contributed by atoms with Crippen molar-refractivity contribution in [3.05, 3.63) is 0 Å². The van der Waals surface area contributed by atoms with Crippen LogP contribution in [0.4, 0.5) is 0 Å². The predicted octanol–water partition coefficient (Wildman–Crippen LogP) is 2.64. The van der Waals surface area contributed by atoms with E-state index < -0.39 is 8.07 Å². The Kier molecular flexibility index (Phi) is 4.32. The van der Waals surface area contributed by atoms with Crippen LogP contribution in [-0.2, 0) is 9.53 Å². The molecule has 2 nitrogen and oxygen atoms in total. The molecule has 0 bridgehead atoms. The molecule has 0 aliphatic rings. The number of ether oxygens (including phenoxy) is 1. The van der Waals surface area contributed by atoms with Crippen LogP contribution in [0.1, 0.15) is 27.2 Å². The summed E-state index contributed by atoms with van der Waals surface area (Å²) in [6, 6.07) is 0. The van der Waals surface area contributed by atoms with Gasteiger partial charge in [0.05, 0.1) is 6.61 Å². The van der Waals surface area contributed by atoms with Crippen molar-refractivity contribution in [3.63, 3.8) is 0 Å². The maximum atomic E-state index is 11.9. The molecule has 0 unspecified atom stereocenters. The largest absolute Gasteiger partial charge is 0.384 e. The number of carbonyl (C=O) groups is 1. The molecule has 3 heteroatoms. The predicted molar refractivity (Wildman–Crippen MR) is 58.7 cm³/mol. The minimum absolute atomic E-state index is 0.151. The number of methoxy groups -OCH3 is 1. The van der Waals surface area contributed by atoms with Crippen molar-refractivity contribution in [3.8, 4) is 0 Å². The van der Waals surface area contributed by atoms with Gasteiger partial charge in [0, 0.05) is 13.5 Å². The van der Waals surface area contributed by atoms with Crippen LogP contribution in [0.2, 0.25) is 18.1 Å². The highest BCUT2D eigenvalue weighted by atomic mass is 28.3. The van der Waals surface area contributed by atoms with E-state index in [1.165, 1.54) is 0 Å². The number of rotatable bonds is 4. The van der Waals surface area contributed by atoms with Crippen molar-refractivity contribution in [2.24, 2.45) is 0 Å². The van der Waals surface area contributed by atoms with Crippen molar-refractivity contribution >= 4 is 13.5 Å². The van der Waals surface area contributed by atoms with Crippen LogP contribution in [0, 0.1) is 0 Å². The van der Waals surface area contributed by atoms with Crippen molar-refractivity contribution in [2.75, 3.05) is 13.7 Å². The van der Waals surface area contributed by atoms with Gasteiger partial charge >= 0.3 is 0 Å². The van der Waals surface area contributed by atoms with E-state index in [0.717, 1.165) is 0 Å². The zero-order valence-corrected chi connectivity index (χ0v) is 10.7. The third-order valence-electron chi connectivity index (χ3n) is 3.11. The number of carbonyl (C=O) groups excluding carboxylic acids is 1. The van der Waals surface area contributed by atoms with Gasteiger partial charge in [0.2, 0.25) is 0 Å². The summed E-state index contributed by atoms with van der Waals surface area (Å²) in [5.41, 5.74) is 0. The van der Waals surface area contributed by atoms with Gasteiger partial charge in [0.25, 0.3) is 0 Å². The smallest absolute Gasteiger partial charge is 0.132 e. The van der Waals surface area contributed by atoms with E-state index >= 15 is 0 Å². The van der Waals surface area contributed by atoms with Gasteiger partial charge in [0.15, 0.2) is 0 Å². The van der Waals surface area contributed by atoms with E-state index in [1.807, 2.05) is 0 Å². The van der Waals surface area contributed by atoms with Crippen LogP contribution in [-0.4, -0.2) is 27.2 Å². The molecule has 0 saturated heterocycles.